The van der Waals surface area contributed by atoms with Crippen molar-refractivity contribution in [1.82, 2.24) is 5.43 Å². The van der Waals surface area contributed by atoms with Crippen LogP contribution in [0.2, 0.25) is 0 Å². The second-order valence-corrected chi connectivity index (χ2v) is 6.12. The van der Waals surface area contributed by atoms with Crippen LogP contribution in [0.4, 0.5) is 0 Å². The lowest BCUT2D eigenvalue weighted by Crippen LogP contribution is -2.22. The first-order valence-corrected chi connectivity index (χ1v) is 8.20. The van der Waals surface area contributed by atoms with Crippen LogP contribution >= 0.6 is 0 Å². The number of carbonyl (C=O) groups excluding carboxylic acids is 1. The van der Waals surface area contributed by atoms with E-state index in [9.17, 15) is 4.79 Å². The highest BCUT2D eigenvalue weighted by molar-refractivity contribution is 5.96. The van der Waals surface area contributed by atoms with E-state index in [-0.39, 0.29) is 5.91 Å². The Morgan fingerprint density at radius 2 is 1.65 bits per heavy atom. The van der Waals surface area contributed by atoms with Gasteiger partial charge in [-0.15, -0.1) is 0 Å². The molecule has 0 unspecified atom stereocenters. The van der Waals surface area contributed by atoms with E-state index >= 15 is 0 Å². The van der Waals surface area contributed by atoms with Crippen molar-refractivity contribution in [2.45, 2.75) is 38.5 Å². The Balaban J connectivity index is 1.57. The summed E-state index contributed by atoms with van der Waals surface area (Å²) in [5.74, 6) is 0.489. The van der Waals surface area contributed by atoms with Crippen molar-refractivity contribution in [2.24, 2.45) is 5.10 Å². The van der Waals surface area contributed by atoms with Gasteiger partial charge in [-0.2, -0.15) is 5.10 Å². The summed E-state index contributed by atoms with van der Waals surface area (Å²) in [4.78, 5) is 12.2. The van der Waals surface area contributed by atoms with E-state index in [1.807, 2.05) is 31.2 Å². The third kappa shape index (κ3) is 3.86. The average Bonchev–Trinajstić information content (AvgIpc) is 2.61. The van der Waals surface area contributed by atoms with Crippen molar-refractivity contribution in [3.8, 4) is 0 Å². The highest BCUT2D eigenvalue weighted by Gasteiger charge is 2.19. The zero-order valence-corrected chi connectivity index (χ0v) is 13.5. The molecule has 0 bridgehead atoms. The number of nitrogens with zero attached hydrogens (tertiary/aromatic N) is 1. The molecule has 1 N–H and O–H groups in total. The van der Waals surface area contributed by atoms with Crippen molar-refractivity contribution in [2.75, 3.05) is 0 Å². The van der Waals surface area contributed by atoms with Crippen molar-refractivity contribution in [3.63, 3.8) is 0 Å². The van der Waals surface area contributed by atoms with Gasteiger partial charge in [0, 0.05) is 11.3 Å². The normalized spacial score (nSPS) is 17.6. The average molecular weight is 306 g/mol. The van der Waals surface area contributed by atoms with Crippen LogP contribution in [0.5, 0.6) is 0 Å². The monoisotopic (exact) mass is 306 g/mol. The zero-order valence-electron chi connectivity index (χ0n) is 13.5. The third-order valence-electron chi connectivity index (χ3n) is 4.54. The van der Waals surface area contributed by atoms with Crippen LogP contribution in [0.1, 0.15) is 53.1 Å². The fraction of sp³-hybridized carbons (Fsp3) is 0.300. The van der Waals surface area contributed by atoms with Gasteiger partial charge >= 0.3 is 0 Å². The van der Waals surface area contributed by atoms with E-state index in [0.29, 0.717) is 11.5 Å². The molecule has 3 nitrogen and oxygen atoms in total. The second kappa shape index (κ2) is 7.23. The topological polar surface area (TPSA) is 41.5 Å². The number of amides is 1. The molecule has 0 radical (unpaired) electrons. The van der Waals surface area contributed by atoms with Crippen molar-refractivity contribution < 1.29 is 4.79 Å². The van der Waals surface area contributed by atoms with E-state index in [0.717, 1.165) is 37.0 Å². The lowest BCUT2D eigenvalue weighted by atomic mass is 9.83. The number of carbonyl (C=O) groups is 1. The van der Waals surface area contributed by atoms with Crippen molar-refractivity contribution in [3.05, 3.63) is 71.3 Å². The highest BCUT2D eigenvalue weighted by Crippen LogP contribution is 2.31. The molecule has 0 saturated heterocycles. The summed E-state index contributed by atoms with van der Waals surface area (Å²) in [6.07, 6.45) is 4.10. The Labute approximate surface area is 137 Å². The molecule has 1 aliphatic carbocycles. The van der Waals surface area contributed by atoms with E-state index in [2.05, 4.69) is 40.9 Å². The van der Waals surface area contributed by atoms with E-state index in [1.165, 1.54) is 5.56 Å². The van der Waals surface area contributed by atoms with E-state index in [4.69, 9.17) is 0 Å². The van der Waals surface area contributed by atoms with Gasteiger partial charge in [0.2, 0.25) is 0 Å². The fourth-order valence-corrected chi connectivity index (χ4v) is 3.14. The number of nitrogens with one attached hydrogen (secondary N) is 1. The fourth-order valence-electron chi connectivity index (χ4n) is 3.14. The van der Waals surface area contributed by atoms with Crippen LogP contribution in [0, 0.1) is 6.92 Å². The van der Waals surface area contributed by atoms with Gasteiger partial charge in [0.05, 0.1) is 0 Å². The molecule has 0 aromatic heterocycles. The minimum Gasteiger partial charge on any atom is -0.267 e. The Hall–Kier alpha value is -2.42. The molecular formula is C20H22N2O. The Bertz CT molecular complexity index is 697. The molecule has 118 valence electrons. The molecule has 23 heavy (non-hydrogen) atoms. The largest absolute Gasteiger partial charge is 0.271 e. The van der Waals surface area contributed by atoms with Crippen LogP contribution in [0.3, 0.4) is 0 Å². The van der Waals surface area contributed by atoms with Crippen LogP contribution in [-0.2, 0) is 0 Å². The molecular weight excluding hydrogens is 284 g/mol. The van der Waals surface area contributed by atoms with Crippen molar-refractivity contribution >= 4 is 11.6 Å². The molecule has 0 atom stereocenters. The van der Waals surface area contributed by atoms with Gasteiger partial charge in [0.15, 0.2) is 0 Å². The summed E-state index contributed by atoms with van der Waals surface area (Å²) in [7, 11) is 0. The summed E-state index contributed by atoms with van der Waals surface area (Å²) in [6, 6.07) is 18.2. The van der Waals surface area contributed by atoms with Gasteiger partial charge in [-0.05, 0) is 55.7 Å². The third-order valence-corrected chi connectivity index (χ3v) is 4.54. The molecule has 1 aliphatic rings. The van der Waals surface area contributed by atoms with Gasteiger partial charge in [0.25, 0.3) is 5.91 Å². The Kier molecular flexibility index (Phi) is 4.86. The molecule has 1 fully saturated rings. The standard InChI is InChI=1S/C20H22N2O/c1-15-7-5-6-10-19(15)20(23)22-21-18-13-11-17(12-14-18)16-8-3-2-4-9-16/h2-10,17H,11-14H2,1H3,(H,22,23). The predicted molar refractivity (Wildman–Crippen MR) is 93.7 cm³/mol. The first kappa shape index (κ1) is 15.5. The van der Waals surface area contributed by atoms with Crippen molar-refractivity contribution in [1.29, 1.82) is 0 Å². The van der Waals surface area contributed by atoms with Gasteiger partial charge in [-0.3, -0.25) is 4.79 Å². The predicted octanol–water partition coefficient (Wildman–Crippen LogP) is 4.44. The summed E-state index contributed by atoms with van der Waals surface area (Å²) in [6.45, 7) is 1.94. The molecule has 0 aliphatic heterocycles. The van der Waals surface area contributed by atoms with Crippen LogP contribution < -0.4 is 5.43 Å². The lowest BCUT2D eigenvalue weighted by molar-refractivity contribution is 0.0954. The smallest absolute Gasteiger partial charge is 0.267 e. The molecule has 3 heteroatoms. The second-order valence-electron chi connectivity index (χ2n) is 6.12. The zero-order chi connectivity index (χ0) is 16.1. The summed E-state index contributed by atoms with van der Waals surface area (Å²) in [5.41, 5.74) is 6.88. The minimum absolute atomic E-state index is 0.124. The molecule has 3 rings (SSSR count). The number of hydrazone groups is 1. The summed E-state index contributed by atoms with van der Waals surface area (Å²) >= 11 is 0. The summed E-state index contributed by atoms with van der Waals surface area (Å²) < 4.78 is 0. The molecule has 2 aromatic carbocycles. The van der Waals surface area contributed by atoms with Crippen LogP contribution in [0.15, 0.2) is 59.7 Å². The first-order chi connectivity index (χ1) is 11.2. The van der Waals surface area contributed by atoms with Gasteiger partial charge in [0.1, 0.15) is 0 Å². The van der Waals surface area contributed by atoms with Crippen LogP contribution in [-0.4, -0.2) is 11.6 Å². The first-order valence-electron chi connectivity index (χ1n) is 8.20. The molecule has 0 heterocycles. The van der Waals surface area contributed by atoms with Gasteiger partial charge < -0.3 is 0 Å². The number of aryl methyl sites for hydroxylation is 1. The molecule has 2 aromatic rings. The number of hydrogen-bond donors (Lipinski definition) is 1. The van der Waals surface area contributed by atoms with Gasteiger partial charge in [-0.25, -0.2) is 5.43 Å². The lowest BCUT2D eigenvalue weighted by Gasteiger charge is -2.23. The maximum Gasteiger partial charge on any atom is 0.271 e. The maximum absolute atomic E-state index is 12.2. The van der Waals surface area contributed by atoms with E-state index in [1.54, 1.807) is 0 Å². The minimum atomic E-state index is -0.124. The number of benzene rings is 2. The van der Waals surface area contributed by atoms with E-state index < -0.39 is 0 Å². The Morgan fingerprint density at radius 1 is 1.00 bits per heavy atom. The number of hydrogen-bond acceptors (Lipinski definition) is 2. The molecule has 1 saturated carbocycles. The van der Waals surface area contributed by atoms with Crippen LogP contribution in [0.25, 0.3) is 0 Å². The summed E-state index contributed by atoms with van der Waals surface area (Å²) in [5, 5.41) is 4.35. The Morgan fingerprint density at radius 3 is 2.35 bits per heavy atom. The quantitative estimate of drug-likeness (QED) is 0.837. The SMILES string of the molecule is Cc1ccccc1C(=O)NN=C1CCC(c2ccccc2)CC1. The number of rotatable bonds is 3. The molecule has 1 amide bonds. The maximum atomic E-state index is 12.2. The highest BCUT2D eigenvalue weighted by atomic mass is 16.2. The van der Waals surface area contributed by atoms with Gasteiger partial charge in [-0.1, -0.05) is 48.5 Å². The molecule has 0 spiro atoms.